The van der Waals surface area contributed by atoms with Crippen molar-refractivity contribution in [1.29, 1.82) is 0 Å². The molecule has 1 fully saturated rings. The number of nitrogens with two attached hydrogens (primary N) is 1. The smallest absolute Gasteiger partial charge is 0.322 e. The van der Waals surface area contributed by atoms with Gasteiger partial charge in [-0.1, -0.05) is 0 Å². The van der Waals surface area contributed by atoms with Crippen molar-refractivity contribution in [1.82, 2.24) is 16.0 Å². The third-order valence-electron chi connectivity index (χ3n) is 1.69. The number of hydrogen-bond acceptors (Lipinski definition) is 4. The number of rotatable bonds is 5. The molecule has 1 saturated heterocycles. The average Bonchev–Trinajstić information content (AvgIpc) is 2.44. The summed E-state index contributed by atoms with van der Waals surface area (Å²) in [6, 6.07) is -1.50. The minimum absolute atomic E-state index is 0.310. The summed E-state index contributed by atoms with van der Waals surface area (Å²) in [6.45, 7) is 0.447. The second-order valence-electron chi connectivity index (χ2n) is 2.88. The van der Waals surface area contributed by atoms with E-state index in [1.165, 1.54) is 11.8 Å². The first-order valence-corrected chi connectivity index (χ1v) is 5.47. The van der Waals surface area contributed by atoms with E-state index in [9.17, 15) is 14.4 Å². The van der Waals surface area contributed by atoms with E-state index < -0.39 is 18.1 Å². The molecule has 0 aliphatic carbocycles. The second-order valence-corrected chi connectivity index (χ2v) is 4.03. The average molecular weight is 232 g/mol. The third-order valence-corrected chi connectivity index (χ3v) is 2.75. The summed E-state index contributed by atoms with van der Waals surface area (Å²) in [4.78, 5) is 32.1. The van der Waals surface area contributed by atoms with Crippen molar-refractivity contribution in [3.63, 3.8) is 0 Å². The van der Waals surface area contributed by atoms with Gasteiger partial charge < -0.3 is 16.4 Å². The van der Waals surface area contributed by atoms with Gasteiger partial charge in [-0.25, -0.2) is 9.59 Å². The molecule has 0 unspecified atom stereocenters. The minimum atomic E-state index is -0.567. The maximum atomic E-state index is 11.1. The predicted molar refractivity (Wildman–Crippen MR) is 55.4 cm³/mol. The molecule has 15 heavy (non-hydrogen) atoms. The summed E-state index contributed by atoms with van der Waals surface area (Å²) < 4.78 is 0. The van der Waals surface area contributed by atoms with Gasteiger partial charge in [0.05, 0.1) is 0 Å². The van der Waals surface area contributed by atoms with Crippen molar-refractivity contribution in [2.24, 2.45) is 5.73 Å². The summed E-state index contributed by atoms with van der Waals surface area (Å²) in [7, 11) is 0. The van der Waals surface area contributed by atoms with Crippen LogP contribution in [-0.2, 0) is 4.79 Å². The molecule has 1 aliphatic rings. The molecule has 84 valence electrons. The van der Waals surface area contributed by atoms with E-state index in [2.05, 4.69) is 16.0 Å². The molecule has 0 radical (unpaired) electrons. The summed E-state index contributed by atoms with van der Waals surface area (Å²) in [6.07, 6.45) is 0. The molecule has 0 saturated carbocycles. The van der Waals surface area contributed by atoms with Gasteiger partial charge in [-0.3, -0.25) is 10.1 Å². The van der Waals surface area contributed by atoms with Gasteiger partial charge in [0.25, 0.3) is 5.91 Å². The number of amides is 5. The Morgan fingerprint density at radius 1 is 1.53 bits per heavy atom. The molecule has 0 aromatic heterocycles. The van der Waals surface area contributed by atoms with Crippen molar-refractivity contribution in [2.45, 2.75) is 6.04 Å². The lowest BCUT2D eigenvalue weighted by molar-refractivity contribution is -0.119. The van der Waals surface area contributed by atoms with E-state index in [1.54, 1.807) is 0 Å². The Bertz CT molecular complexity index is 283. The Morgan fingerprint density at radius 2 is 2.27 bits per heavy atom. The Hall–Kier alpha value is -1.44. The molecule has 1 aliphatic heterocycles. The Labute approximate surface area is 90.5 Å². The van der Waals surface area contributed by atoms with Crippen LogP contribution in [0.15, 0.2) is 0 Å². The molecular weight excluding hydrogens is 220 g/mol. The highest BCUT2D eigenvalue weighted by Crippen LogP contribution is 2.04. The van der Waals surface area contributed by atoms with Crippen LogP contribution in [0.3, 0.4) is 0 Å². The van der Waals surface area contributed by atoms with Crippen LogP contribution in [0.1, 0.15) is 0 Å². The van der Waals surface area contributed by atoms with Gasteiger partial charge in [-0.05, 0) is 0 Å². The van der Waals surface area contributed by atoms with Crippen LogP contribution >= 0.6 is 11.8 Å². The highest BCUT2D eigenvalue weighted by atomic mass is 32.2. The molecule has 0 aromatic rings. The van der Waals surface area contributed by atoms with Gasteiger partial charge in [0.2, 0.25) is 0 Å². The van der Waals surface area contributed by atoms with Crippen LogP contribution in [0.4, 0.5) is 9.59 Å². The van der Waals surface area contributed by atoms with Crippen molar-refractivity contribution < 1.29 is 14.4 Å². The van der Waals surface area contributed by atoms with Gasteiger partial charge in [-0.2, -0.15) is 11.8 Å². The molecule has 5 N–H and O–H groups in total. The minimum Gasteiger partial charge on any atom is -0.352 e. The Kier molecular flexibility index (Phi) is 4.22. The van der Waals surface area contributed by atoms with E-state index in [0.717, 1.165) is 0 Å². The quantitative estimate of drug-likeness (QED) is 0.344. The van der Waals surface area contributed by atoms with Crippen LogP contribution in [0.25, 0.3) is 0 Å². The predicted octanol–water partition coefficient (Wildman–Crippen LogP) is -1.40. The summed E-state index contributed by atoms with van der Waals surface area (Å²) in [5.41, 5.74) is 4.86. The number of primary amides is 1. The van der Waals surface area contributed by atoms with Gasteiger partial charge in [0.1, 0.15) is 6.04 Å². The maximum Gasteiger partial charge on any atom is 0.322 e. The lowest BCUT2D eigenvalue weighted by Gasteiger charge is -2.06. The SMILES string of the molecule is NC(=O)NCCSC[C@@H]1NC(=O)NC1=O. The zero-order valence-corrected chi connectivity index (χ0v) is 8.73. The summed E-state index contributed by atoms with van der Waals surface area (Å²) in [5.74, 6) is 0.816. The summed E-state index contributed by atoms with van der Waals surface area (Å²) >= 11 is 1.45. The molecule has 0 spiro atoms. The first-order chi connectivity index (χ1) is 7.09. The number of carbonyl (C=O) groups is 3. The number of imide groups is 1. The highest BCUT2D eigenvalue weighted by molar-refractivity contribution is 7.99. The zero-order valence-electron chi connectivity index (χ0n) is 7.91. The Balaban J connectivity index is 2.08. The number of carbonyl (C=O) groups excluding carboxylic acids is 3. The number of nitrogens with one attached hydrogen (secondary N) is 3. The van der Waals surface area contributed by atoms with Crippen LogP contribution in [0, 0.1) is 0 Å². The molecule has 5 amide bonds. The van der Waals surface area contributed by atoms with E-state index in [4.69, 9.17) is 5.73 Å². The fourth-order valence-electron chi connectivity index (χ4n) is 1.02. The first kappa shape index (κ1) is 11.6. The Morgan fingerprint density at radius 3 is 2.80 bits per heavy atom. The van der Waals surface area contributed by atoms with Crippen molar-refractivity contribution in [3.05, 3.63) is 0 Å². The second kappa shape index (κ2) is 5.44. The van der Waals surface area contributed by atoms with E-state index >= 15 is 0 Å². The van der Waals surface area contributed by atoms with Crippen LogP contribution in [0.5, 0.6) is 0 Å². The van der Waals surface area contributed by atoms with E-state index in [0.29, 0.717) is 18.1 Å². The van der Waals surface area contributed by atoms with Crippen LogP contribution < -0.4 is 21.7 Å². The van der Waals surface area contributed by atoms with Crippen molar-refractivity contribution >= 4 is 29.7 Å². The summed E-state index contributed by atoms with van der Waals surface area (Å²) in [5, 5.41) is 7.03. The topological polar surface area (TPSA) is 113 Å². The lowest BCUT2D eigenvalue weighted by atomic mass is 10.3. The molecule has 0 aromatic carbocycles. The van der Waals surface area contributed by atoms with Gasteiger partial charge in [0.15, 0.2) is 0 Å². The zero-order chi connectivity index (χ0) is 11.3. The van der Waals surface area contributed by atoms with Crippen LogP contribution in [-0.4, -0.2) is 42.1 Å². The third kappa shape index (κ3) is 4.07. The van der Waals surface area contributed by atoms with Gasteiger partial charge in [0, 0.05) is 18.1 Å². The van der Waals surface area contributed by atoms with Gasteiger partial charge >= 0.3 is 12.1 Å². The molecule has 8 heteroatoms. The number of thioether (sulfide) groups is 1. The molecule has 1 rings (SSSR count). The molecular formula is C7H12N4O3S. The highest BCUT2D eigenvalue weighted by Gasteiger charge is 2.28. The lowest BCUT2D eigenvalue weighted by Crippen LogP contribution is -2.33. The molecule has 1 atom stereocenters. The van der Waals surface area contributed by atoms with E-state index in [-0.39, 0.29) is 5.91 Å². The maximum absolute atomic E-state index is 11.1. The first-order valence-electron chi connectivity index (χ1n) is 4.32. The monoisotopic (exact) mass is 232 g/mol. The van der Waals surface area contributed by atoms with Crippen molar-refractivity contribution in [2.75, 3.05) is 18.1 Å². The largest absolute Gasteiger partial charge is 0.352 e. The standard InChI is InChI=1S/C7H12N4O3S/c8-6(13)9-1-2-15-3-4-5(12)11-7(14)10-4/h4H,1-3H2,(H3,8,9,13)(H2,10,11,12,14)/t4-/m0/s1. The molecule has 7 nitrogen and oxygen atoms in total. The number of hydrogen-bond donors (Lipinski definition) is 4. The fraction of sp³-hybridized carbons (Fsp3) is 0.571. The normalized spacial score (nSPS) is 19.6. The van der Waals surface area contributed by atoms with Gasteiger partial charge in [-0.15, -0.1) is 0 Å². The van der Waals surface area contributed by atoms with Crippen molar-refractivity contribution in [3.8, 4) is 0 Å². The number of urea groups is 2. The molecule has 1 heterocycles. The molecule has 0 bridgehead atoms. The fourth-order valence-corrected chi connectivity index (χ4v) is 1.91. The van der Waals surface area contributed by atoms with Crippen LogP contribution in [0.2, 0.25) is 0 Å². The van der Waals surface area contributed by atoms with E-state index in [1.807, 2.05) is 0 Å².